The van der Waals surface area contributed by atoms with E-state index in [0.717, 1.165) is 6.07 Å². The quantitative estimate of drug-likeness (QED) is 0.891. The van der Waals surface area contributed by atoms with Gasteiger partial charge in [0.05, 0.1) is 16.8 Å². The molecule has 6 heteroatoms. The van der Waals surface area contributed by atoms with Crippen LogP contribution in [0.3, 0.4) is 0 Å². The second-order valence-electron chi connectivity index (χ2n) is 5.46. The summed E-state index contributed by atoms with van der Waals surface area (Å²) >= 11 is 0. The summed E-state index contributed by atoms with van der Waals surface area (Å²) in [5, 5.41) is 5.30. The molecule has 0 fully saturated rings. The lowest BCUT2D eigenvalue weighted by molar-refractivity contribution is -0.136. The first-order valence-electron chi connectivity index (χ1n) is 6.33. The Bertz CT molecular complexity index is 490. The summed E-state index contributed by atoms with van der Waals surface area (Å²) in [5.41, 5.74) is -1.53. The highest BCUT2D eigenvalue weighted by atomic mass is 19.4. The number of benzene rings is 1. The number of alkyl halides is 3. The van der Waals surface area contributed by atoms with Gasteiger partial charge in [0.1, 0.15) is 0 Å². The van der Waals surface area contributed by atoms with Crippen molar-refractivity contribution in [3.63, 3.8) is 0 Å². The van der Waals surface area contributed by atoms with E-state index in [1.54, 1.807) is 27.7 Å². The number of amides is 1. The zero-order chi connectivity index (χ0) is 15.6. The molecule has 0 bridgehead atoms. The van der Waals surface area contributed by atoms with Gasteiger partial charge in [-0.2, -0.15) is 13.2 Å². The van der Waals surface area contributed by atoms with Crippen molar-refractivity contribution >= 4 is 11.6 Å². The number of carbonyl (C=O) groups excluding carboxylic acids is 1. The molecule has 0 spiro atoms. The second-order valence-corrected chi connectivity index (χ2v) is 5.46. The molecule has 20 heavy (non-hydrogen) atoms. The van der Waals surface area contributed by atoms with Crippen LogP contribution >= 0.6 is 0 Å². The largest absolute Gasteiger partial charge is 0.418 e. The van der Waals surface area contributed by atoms with Crippen LogP contribution in [-0.4, -0.2) is 18.0 Å². The first kappa shape index (κ1) is 16.3. The highest BCUT2D eigenvalue weighted by Gasteiger charge is 2.35. The Hall–Kier alpha value is -1.72. The predicted octanol–water partition coefficient (Wildman–Crippen LogP) is 3.67. The summed E-state index contributed by atoms with van der Waals surface area (Å²) in [7, 11) is 0. The average Bonchev–Trinajstić information content (AvgIpc) is 2.25. The van der Waals surface area contributed by atoms with Gasteiger partial charge in [-0.1, -0.05) is 6.07 Å². The van der Waals surface area contributed by atoms with Gasteiger partial charge in [-0.15, -0.1) is 0 Å². The maximum Gasteiger partial charge on any atom is 0.418 e. The van der Waals surface area contributed by atoms with Gasteiger partial charge in [0.2, 0.25) is 0 Å². The van der Waals surface area contributed by atoms with E-state index in [1.807, 2.05) is 0 Å². The normalized spacial score (nSPS) is 12.2. The van der Waals surface area contributed by atoms with Gasteiger partial charge in [0.15, 0.2) is 0 Å². The first-order valence-corrected chi connectivity index (χ1v) is 6.33. The summed E-state index contributed by atoms with van der Waals surface area (Å²) in [6.07, 6.45) is -4.50. The fourth-order valence-electron chi connectivity index (χ4n) is 1.75. The van der Waals surface area contributed by atoms with E-state index in [9.17, 15) is 18.0 Å². The van der Waals surface area contributed by atoms with Crippen molar-refractivity contribution in [1.29, 1.82) is 0 Å². The molecule has 0 aliphatic rings. The van der Waals surface area contributed by atoms with Gasteiger partial charge in [-0.3, -0.25) is 4.79 Å². The number of carbonyl (C=O) groups is 1. The molecule has 1 aromatic carbocycles. The Morgan fingerprint density at radius 2 is 1.80 bits per heavy atom. The van der Waals surface area contributed by atoms with E-state index in [4.69, 9.17) is 0 Å². The fraction of sp³-hybridized carbons (Fsp3) is 0.500. The second kappa shape index (κ2) is 5.73. The molecule has 0 heterocycles. The van der Waals surface area contributed by atoms with Crippen molar-refractivity contribution in [2.45, 2.75) is 39.4 Å². The van der Waals surface area contributed by atoms with E-state index in [2.05, 4.69) is 10.6 Å². The molecular formula is C14H19F3N2O. The van der Waals surface area contributed by atoms with Crippen molar-refractivity contribution in [3.05, 3.63) is 29.3 Å². The zero-order valence-electron chi connectivity index (χ0n) is 12.0. The van der Waals surface area contributed by atoms with Crippen LogP contribution in [0.2, 0.25) is 0 Å². The number of anilines is 1. The Kier molecular flexibility index (Phi) is 4.68. The van der Waals surface area contributed by atoms with Crippen molar-refractivity contribution in [2.75, 3.05) is 11.9 Å². The lowest BCUT2D eigenvalue weighted by Gasteiger charge is -2.23. The molecule has 0 aliphatic carbocycles. The van der Waals surface area contributed by atoms with Gasteiger partial charge in [-0.25, -0.2) is 0 Å². The molecule has 112 valence electrons. The van der Waals surface area contributed by atoms with Crippen LogP contribution in [0, 0.1) is 0 Å². The van der Waals surface area contributed by atoms with Gasteiger partial charge in [0.25, 0.3) is 5.91 Å². The molecule has 1 rings (SSSR count). The Morgan fingerprint density at radius 1 is 1.20 bits per heavy atom. The molecule has 0 aliphatic heterocycles. The van der Waals surface area contributed by atoms with Crippen molar-refractivity contribution in [3.8, 4) is 0 Å². The van der Waals surface area contributed by atoms with Crippen LogP contribution in [0.25, 0.3) is 0 Å². The molecule has 1 aromatic rings. The summed E-state index contributed by atoms with van der Waals surface area (Å²) in [6, 6.07) is 3.58. The van der Waals surface area contributed by atoms with E-state index in [1.165, 1.54) is 12.1 Å². The van der Waals surface area contributed by atoms with Gasteiger partial charge < -0.3 is 10.6 Å². The number of para-hydroxylation sites is 1. The average molecular weight is 288 g/mol. The smallest absolute Gasteiger partial charge is 0.384 e. The van der Waals surface area contributed by atoms with Gasteiger partial charge in [-0.05, 0) is 39.8 Å². The van der Waals surface area contributed by atoms with E-state index < -0.39 is 23.2 Å². The van der Waals surface area contributed by atoms with Crippen LogP contribution in [0.15, 0.2) is 18.2 Å². The molecule has 3 nitrogen and oxygen atoms in total. The zero-order valence-corrected chi connectivity index (χ0v) is 12.0. The number of hydrogen-bond donors (Lipinski definition) is 2. The third-order valence-electron chi connectivity index (χ3n) is 2.46. The lowest BCUT2D eigenvalue weighted by atomic mass is 10.0. The molecule has 0 radical (unpaired) electrons. The maximum absolute atomic E-state index is 13.0. The fourth-order valence-corrected chi connectivity index (χ4v) is 1.75. The Morgan fingerprint density at radius 3 is 2.25 bits per heavy atom. The summed E-state index contributed by atoms with van der Waals surface area (Å²) in [4.78, 5) is 12.1. The van der Waals surface area contributed by atoms with E-state index in [0.29, 0.717) is 6.54 Å². The third kappa shape index (κ3) is 4.15. The molecule has 0 unspecified atom stereocenters. The number of hydrogen-bond acceptors (Lipinski definition) is 2. The van der Waals surface area contributed by atoms with Gasteiger partial charge in [0, 0.05) is 12.1 Å². The molecular weight excluding hydrogens is 269 g/mol. The van der Waals surface area contributed by atoms with Crippen LogP contribution < -0.4 is 10.6 Å². The van der Waals surface area contributed by atoms with Crippen LogP contribution in [-0.2, 0) is 6.18 Å². The summed E-state index contributed by atoms with van der Waals surface area (Å²) < 4.78 is 38.9. The van der Waals surface area contributed by atoms with Gasteiger partial charge >= 0.3 is 6.18 Å². The minimum absolute atomic E-state index is 0.00315. The van der Waals surface area contributed by atoms with Crippen LogP contribution in [0.5, 0.6) is 0 Å². The van der Waals surface area contributed by atoms with Crippen LogP contribution in [0.4, 0.5) is 18.9 Å². The third-order valence-corrected chi connectivity index (χ3v) is 2.46. The summed E-state index contributed by atoms with van der Waals surface area (Å²) in [5.74, 6) is -0.528. The van der Waals surface area contributed by atoms with E-state index >= 15 is 0 Å². The van der Waals surface area contributed by atoms with Crippen molar-refractivity contribution in [2.24, 2.45) is 0 Å². The van der Waals surface area contributed by atoms with Crippen molar-refractivity contribution < 1.29 is 18.0 Å². The highest BCUT2D eigenvalue weighted by molar-refractivity contribution is 6.00. The topological polar surface area (TPSA) is 41.1 Å². The van der Waals surface area contributed by atoms with Crippen molar-refractivity contribution in [1.82, 2.24) is 5.32 Å². The molecule has 0 saturated heterocycles. The van der Waals surface area contributed by atoms with E-state index in [-0.39, 0.29) is 11.3 Å². The standard InChI is InChI=1S/C14H19F3N2O/c1-5-18-11-9(12(20)19-13(2,3)4)7-6-8-10(11)14(15,16)17/h6-8,18H,5H2,1-4H3,(H,19,20). The predicted molar refractivity (Wildman–Crippen MR) is 72.8 cm³/mol. The molecule has 2 N–H and O–H groups in total. The first-order chi connectivity index (χ1) is 9.06. The molecule has 1 amide bonds. The van der Waals surface area contributed by atoms with Crippen LogP contribution in [0.1, 0.15) is 43.6 Å². The maximum atomic E-state index is 13.0. The SMILES string of the molecule is CCNc1c(C(=O)NC(C)(C)C)cccc1C(F)(F)F. The Labute approximate surface area is 116 Å². The molecule has 0 atom stereocenters. The minimum atomic E-state index is -4.50. The lowest BCUT2D eigenvalue weighted by Crippen LogP contribution is -2.41. The minimum Gasteiger partial charge on any atom is -0.384 e. The number of rotatable bonds is 3. The highest BCUT2D eigenvalue weighted by Crippen LogP contribution is 2.36. The monoisotopic (exact) mass is 288 g/mol. The Balaban J connectivity index is 3.29. The summed E-state index contributed by atoms with van der Waals surface area (Å²) in [6.45, 7) is 7.28. The molecule has 0 aromatic heterocycles. The number of halogens is 3. The molecule has 0 saturated carbocycles. The number of nitrogens with one attached hydrogen (secondary N) is 2.